The van der Waals surface area contributed by atoms with Crippen LogP contribution in [0.1, 0.15) is 38.5 Å². The highest BCUT2D eigenvalue weighted by Gasteiger charge is 2.35. The lowest BCUT2D eigenvalue weighted by molar-refractivity contribution is -0.121. The molecule has 0 saturated carbocycles. The molecule has 5 heteroatoms. The Balaban J connectivity index is 1.39. The van der Waals surface area contributed by atoms with Gasteiger partial charge in [0.05, 0.1) is 6.54 Å². The van der Waals surface area contributed by atoms with E-state index in [2.05, 4.69) is 15.5 Å². The van der Waals surface area contributed by atoms with Crippen molar-refractivity contribution in [2.75, 3.05) is 32.8 Å². The number of hydrogen-bond donors (Lipinski definition) is 2. The number of rotatable bonds is 4. The molecule has 2 atom stereocenters. The minimum atomic E-state index is 0.145. The molecule has 1 amide bonds. The average molecular weight is 281 g/mol. The Morgan fingerprint density at radius 3 is 2.80 bits per heavy atom. The molecule has 3 aliphatic heterocycles. The van der Waals surface area contributed by atoms with E-state index in [1.165, 1.54) is 38.8 Å². The first-order chi connectivity index (χ1) is 9.83. The van der Waals surface area contributed by atoms with Crippen molar-refractivity contribution in [3.05, 3.63) is 0 Å². The Kier molecular flexibility index (Phi) is 4.91. The van der Waals surface area contributed by atoms with E-state index in [0.717, 1.165) is 26.1 Å². The molecule has 20 heavy (non-hydrogen) atoms. The van der Waals surface area contributed by atoms with Crippen molar-refractivity contribution in [1.82, 2.24) is 15.5 Å². The summed E-state index contributed by atoms with van der Waals surface area (Å²) in [5.74, 6) is 0.145. The second-order valence-corrected chi connectivity index (χ2v) is 6.33. The molecule has 5 nitrogen and oxygen atoms in total. The predicted molar refractivity (Wildman–Crippen MR) is 77.6 cm³/mol. The molecule has 2 N–H and O–H groups in total. The van der Waals surface area contributed by atoms with Crippen LogP contribution in [0.2, 0.25) is 0 Å². The van der Waals surface area contributed by atoms with Crippen molar-refractivity contribution in [2.24, 2.45) is 0 Å². The number of hydrogen-bond acceptors (Lipinski definition) is 4. The minimum absolute atomic E-state index is 0.145. The van der Waals surface area contributed by atoms with Gasteiger partial charge >= 0.3 is 0 Å². The molecule has 3 rings (SSSR count). The molecular weight excluding hydrogens is 254 g/mol. The number of piperidine rings is 1. The largest absolute Gasteiger partial charge is 0.381 e. The second-order valence-electron chi connectivity index (χ2n) is 6.33. The van der Waals surface area contributed by atoms with Gasteiger partial charge in [-0.15, -0.1) is 0 Å². The first-order valence-corrected chi connectivity index (χ1v) is 8.17. The highest BCUT2D eigenvalue weighted by Crippen LogP contribution is 2.26. The highest BCUT2D eigenvalue weighted by molar-refractivity contribution is 5.78. The number of ether oxygens (including phenoxy) is 1. The van der Waals surface area contributed by atoms with Crippen LogP contribution in [0.5, 0.6) is 0 Å². The van der Waals surface area contributed by atoms with Crippen LogP contribution in [0.15, 0.2) is 0 Å². The summed E-state index contributed by atoms with van der Waals surface area (Å²) in [7, 11) is 0. The molecule has 3 fully saturated rings. The Labute approximate surface area is 121 Å². The summed E-state index contributed by atoms with van der Waals surface area (Å²) in [5.41, 5.74) is 0. The summed E-state index contributed by atoms with van der Waals surface area (Å²) in [6, 6.07) is 1.49. The summed E-state index contributed by atoms with van der Waals surface area (Å²) in [6.07, 6.45) is 7.06. The number of amides is 1. The van der Waals surface area contributed by atoms with E-state index in [1.54, 1.807) is 0 Å². The number of nitrogens with zero attached hydrogens (tertiary/aromatic N) is 1. The fourth-order valence-corrected chi connectivity index (χ4v) is 3.83. The van der Waals surface area contributed by atoms with Gasteiger partial charge in [0.2, 0.25) is 5.91 Å². The van der Waals surface area contributed by atoms with Crippen LogP contribution in [-0.2, 0) is 9.53 Å². The molecule has 2 unspecified atom stereocenters. The smallest absolute Gasteiger partial charge is 0.234 e. The maximum atomic E-state index is 12.0. The third-order valence-corrected chi connectivity index (χ3v) is 4.97. The molecule has 0 bridgehead atoms. The monoisotopic (exact) mass is 281 g/mol. The maximum Gasteiger partial charge on any atom is 0.234 e. The number of carbonyl (C=O) groups excluding carboxylic acids is 1. The van der Waals surface area contributed by atoms with E-state index >= 15 is 0 Å². The summed E-state index contributed by atoms with van der Waals surface area (Å²) < 4.78 is 5.31. The molecular formula is C15H27N3O2. The Hall–Kier alpha value is -0.650. The topological polar surface area (TPSA) is 53.6 Å². The van der Waals surface area contributed by atoms with E-state index in [1.807, 2.05) is 0 Å². The van der Waals surface area contributed by atoms with Gasteiger partial charge in [-0.2, -0.15) is 0 Å². The van der Waals surface area contributed by atoms with Gasteiger partial charge in [-0.05, 0) is 38.6 Å². The molecule has 0 spiro atoms. The van der Waals surface area contributed by atoms with Crippen molar-refractivity contribution >= 4 is 5.91 Å². The maximum absolute atomic E-state index is 12.0. The normalized spacial score (nSPS) is 32.0. The van der Waals surface area contributed by atoms with Gasteiger partial charge in [0.15, 0.2) is 0 Å². The van der Waals surface area contributed by atoms with Gasteiger partial charge in [-0.25, -0.2) is 0 Å². The molecule has 0 aromatic rings. The average Bonchev–Trinajstić information content (AvgIpc) is 2.89. The highest BCUT2D eigenvalue weighted by atomic mass is 16.5. The van der Waals surface area contributed by atoms with Crippen LogP contribution in [0, 0.1) is 0 Å². The van der Waals surface area contributed by atoms with Gasteiger partial charge in [0, 0.05) is 37.9 Å². The Bertz CT molecular complexity index is 331. The predicted octanol–water partition coefficient (Wildman–Crippen LogP) is 0.498. The fourth-order valence-electron chi connectivity index (χ4n) is 3.83. The summed E-state index contributed by atoms with van der Waals surface area (Å²) in [5, 5.41) is 6.60. The summed E-state index contributed by atoms with van der Waals surface area (Å²) in [4.78, 5) is 14.6. The fraction of sp³-hybridized carbons (Fsp3) is 0.933. The lowest BCUT2D eigenvalue weighted by Gasteiger charge is -2.32. The van der Waals surface area contributed by atoms with E-state index in [-0.39, 0.29) is 5.91 Å². The van der Waals surface area contributed by atoms with Crippen LogP contribution in [0.4, 0.5) is 0 Å². The second kappa shape index (κ2) is 6.87. The van der Waals surface area contributed by atoms with E-state index in [0.29, 0.717) is 24.7 Å². The molecule has 0 aromatic carbocycles. The Morgan fingerprint density at radius 1 is 1.10 bits per heavy atom. The zero-order valence-corrected chi connectivity index (χ0v) is 12.3. The van der Waals surface area contributed by atoms with Gasteiger partial charge in [0.25, 0.3) is 0 Å². The van der Waals surface area contributed by atoms with E-state index in [9.17, 15) is 4.79 Å². The molecule has 3 aliphatic rings. The molecule has 0 aromatic heterocycles. The van der Waals surface area contributed by atoms with Crippen molar-refractivity contribution in [3.63, 3.8) is 0 Å². The van der Waals surface area contributed by atoms with Crippen LogP contribution >= 0.6 is 0 Å². The zero-order valence-electron chi connectivity index (χ0n) is 12.3. The minimum Gasteiger partial charge on any atom is -0.381 e. The molecule has 3 saturated heterocycles. The van der Waals surface area contributed by atoms with Crippen LogP contribution < -0.4 is 10.6 Å². The van der Waals surface area contributed by atoms with Crippen molar-refractivity contribution in [1.29, 1.82) is 0 Å². The van der Waals surface area contributed by atoms with E-state index in [4.69, 9.17) is 4.74 Å². The Morgan fingerprint density at radius 2 is 1.95 bits per heavy atom. The van der Waals surface area contributed by atoms with Gasteiger partial charge in [0.1, 0.15) is 0 Å². The molecule has 0 aliphatic carbocycles. The SMILES string of the molecule is O=C(CNC1CCN2CCCCC12)NC1CCOCC1. The van der Waals surface area contributed by atoms with Crippen LogP contribution in [-0.4, -0.2) is 61.8 Å². The lowest BCUT2D eigenvalue weighted by atomic mass is 9.99. The van der Waals surface area contributed by atoms with Crippen molar-refractivity contribution in [2.45, 2.75) is 56.7 Å². The van der Waals surface area contributed by atoms with Crippen molar-refractivity contribution < 1.29 is 9.53 Å². The van der Waals surface area contributed by atoms with Gasteiger partial charge < -0.3 is 15.4 Å². The third-order valence-electron chi connectivity index (χ3n) is 4.97. The molecule has 3 heterocycles. The zero-order chi connectivity index (χ0) is 13.8. The summed E-state index contributed by atoms with van der Waals surface area (Å²) >= 11 is 0. The van der Waals surface area contributed by atoms with Crippen molar-refractivity contribution in [3.8, 4) is 0 Å². The van der Waals surface area contributed by atoms with Crippen LogP contribution in [0.25, 0.3) is 0 Å². The molecule has 0 radical (unpaired) electrons. The van der Waals surface area contributed by atoms with Crippen LogP contribution in [0.3, 0.4) is 0 Å². The number of carbonyl (C=O) groups is 1. The number of nitrogens with one attached hydrogen (secondary N) is 2. The van der Waals surface area contributed by atoms with E-state index < -0.39 is 0 Å². The first-order valence-electron chi connectivity index (χ1n) is 8.17. The summed E-state index contributed by atoms with van der Waals surface area (Å²) in [6.45, 7) is 4.46. The quantitative estimate of drug-likeness (QED) is 0.788. The number of fused-ring (bicyclic) bond motifs is 1. The standard InChI is InChI=1S/C15H27N3O2/c19-15(17-12-5-9-20-10-6-12)11-16-13-4-8-18-7-2-1-3-14(13)18/h12-14,16H,1-11H2,(H,17,19). The lowest BCUT2D eigenvalue weighted by Crippen LogP contribution is -2.49. The third kappa shape index (κ3) is 3.51. The van der Waals surface area contributed by atoms with Gasteiger partial charge in [-0.1, -0.05) is 6.42 Å². The first kappa shape index (κ1) is 14.3. The van der Waals surface area contributed by atoms with Gasteiger partial charge in [-0.3, -0.25) is 9.69 Å². The molecule has 114 valence electrons.